The zero-order valence-corrected chi connectivity index (χ0v) is 11.1. The van der Waals surface area contributed by atoms with Gasteiger partial charge in [0.1, 0.15) is 6.61 Å². The Balaban J connectivity index is 1.85. The predicted molar refractivity (Wildman–Crippen MR) is 71.6 cm³/mol. The number of hydrogen-bond donors (Lipinski definition) is 1. The maximum atomic E-state index is 12.0. The highest BCUT2D eigenvalue weighted by molar-refractivity contribution is 5.68. The molecule has 0 aliphatic carbocycles. The lowest BCUT2D eigenvalue weighted by molar-refractivity contribution is 0.0156. The van der Waals surface area contributed by atoms with Crippen LogP contribution in [0, 0.1) is 0 Å². The molecular weight excluding hydrogens is 244 g/mol. The molecule has 5 nitrogen and oxygen atoms in total. The number of likely N-dealkylation sites (tertiary alicyclic amines) is 1. The van der Waals surface area contributed by atoms with Gasteiger partial charge in [-0.25, -0.2) is 4.79 Å². The largest absolute Gasteiger partial charge is 0.445 e. The molecule has 0 aromatic heterocycles. The van der Waals surface area contributed by atoms with Gasteiger partial charge in [0.05, 0.1) is 12.6 Å². The molecule has 2 N–H and O–H groups in total. The van der Waals surface area contributed by atoms with Crippen LogP contribution in [0.3, 0.4) is 0 Å². The number of ether oxygens (including phenoxy) is 2. The Morgan fingerprint density at radius 2 is 2.11 bits per heavy atom. The lowest BCUT2D eigenvalue weighted by Gasteiger charge is -2.34. The van der Waals surface area contributed by atoms with Crippen LogP contribution < -0.4 is 5.73 Å². The third-order valence-corrected chi connectivity index (χ3v) is 3.24. The number of amides is 1. The van der Waals surface area contributed by atoms with Crippen LogP contribution in [-0.2, 0) is 16.1 Å². The van der Waals surface area contributed by atoms with Crippen LogP contribution in [-0.4, -0.2) is 43.3 Å². The Bertz CT molecular complexity index is 410. The van der Waals surface area contributed by atoms with E-state index in [1.807, 2.05) is 30.3 Å². The van der Waals surface area contributed by atoms with Gasteiger partial charge in [0.25, 0.3) is 0 Å². The quantitative estimate of drug-likeness (QED) is 0.895. The summed E-state index contributed by atoms with van der Waals surface area (Å²) >= 11 is 0. The topological polar surface area (TPSA) is 64.8 Å². The Labute approximate surface area is 113 Å². The maximum Gasteiger partial charge on any atom is 0.410 e. The van der Waals surface area contributed by atoms with Crippen molar-refractivity contribution in [3.8, 4) is 0 Å². The summed E-state index contributed by atoms with van der Waals surface area (Å²) in [6, 6.07) is 9.56. The second-order valence-corrected chi connectivity index (χ2v) is 4.80. The van der Waals surface area contributed by atoms with E-state index < -0.39 is 0 Å². The second kappa shape index (κ2) is 6.54. The van der Waals surface area contributed by atoms with Gasteiger partial charge >= 0.3 is 6.09 Å². The zero-order chi connectivity index (χ0) is 13.7. The summed E-state index contributed by atoms with van der Waals surface area (Å²) < 4.78 is 10.6. The average Bonchev–Trinajstić information content (AvgIpc) is 2.45. The minimum atomic E-state index is -0.332. The smallest absolute Gasteiger partial charge is 0.410 e. The maximum absolute atomic E-state index is 12.0. The first-order valence-corrected chi connectivity index (χ1v) is 6.43. The predicted octanol–water partition coefficient (Wildman–Crippen LogP) is 1.37. The van der Waals surface area contributed by atoms with Gasteiger partial charge in [-0.05, 0) is 12.0 Å². The average molecular weight is 264 g/mol. The van der Waals surface area contributed by atoms with Crippen LogP contribution in [0.15, 0.2) is 30.3 Å². The van der Waals surface area contributed by atoms with Crippen molar-refractivity contribution < 1.29 is 14.3 Å². The van der Waals surface area contributed by atoms with E-state index >= 15 is 0 Å². The van der Waals surface area contributed by atoms with Gasteiger partial charge in [0.15, 0.2) is 0 Å². The minimum Gasteiger partial charge on any atom is -0.445 e. The molecule has 1 heterocycles. The normalized spacial score (nSPS) is 23.2. The van der Waals surface area contributed by atoms with E-state index in [0.717, 1.165) is 12.0 Å². The summed E-state index contributed by atoms with van der Waals surface area (Å²) in [5.41, 5.74) is 6.88. The molecule has 1 fully saturated rings. The Morgan fingerprint density at radius 1 is 1.37 bits per heavy atom. The van der Waals surface area contributed by atoms with E-state index in [1.165, 1.54) is 0 Å². The molecular formula is C14H20N2O3. The molecule has 1 aromatic carbocycles. The van der Waals surface area contributed by atoms with Crippen molar-refractivity contribution in [1.29, 1.82) is 0 Å². The third-order valence-electron chi connectivity index (χ3n) is 3.24. The number of methoxy groups -OCH3 is 1. The van der Waals surface area contributed by atoms with Gasteiger partial charge in [-0.3, -0.25) is 0 Å². The molecule has 19 heavy (non-hydrogen) atoms. The van der Waals surface area contributed by atoms with Gasteiger partial charge in [-0.1, -0.05) is 30.3 Å². The molecule has 1 aliphatic heterocycles. The van der Waals surface area contributed by atoms with Crippen LogP contribution in [0.2, 0.25) is 0 Å². The molecule has 1 amide bonds. The Morgan fingerprint density at radius 3 is 2.79 bits per heavy atom. The van der Waals surface area contributed by atoms with E-state index in [4.69, 9.17) is 15.2 Å². The number of carbonyl (C=O) groups excluding carboxylic acids is 1. The van der Waals surface area contributed by atoms with Crippen LogP contribution in [0.1, 0.15) is 12.0 Å². The first kappa shape index (κ1) is 13.8. The number of piperidine rings is 1. The third kappa shape index (κ3) is 3.94. The molecule has 2 rings (SSSR count). The van der Waals surface area contributed by atoms with E-state index in [1.54, 1.807) is 12.0 Å². The molecule has 0 unspecified atom stereocenters. The second-order valence-electron chi connectivity index (χ2n) is 4.80. The van der Waals surface area contributed by atoms with Crippen molar-refractivity contribution in [2.24, 2.45) is 5.73 Å². The van der Waals surface area contributed by atoms with Crippen molar-refractivity contribution in [3.63, 3.8) is 0 Å². The van der Waals surface area contributed by atoms with Gasteiger partial charge in [-0.2, -0.15) is 0 Å². The van der Waals surface area contributed by atoms with Crippen molar-refractivity contribution in [2.75, 3.05) is 20.2 Å². The van der Waals surface area contributed by atoms with E-state index in [-0.39, 0.29) is 24.8 Å². The minimum absolute atomic E-state index is 0.00646. The monoisotopic (exact) mass is 264 g/mol. The van der Waals surface area contributed by atoms with Crippen molar-refractivity contribution >= 4 is 6.09 Å². The Kier molecular flexibility index (Phi) is 4.76. The number of hydrogen-bond acceptors (Lipinski definition) is 4. The molecule has 0 saturated carbocycles. The lowest BCUT2D eigenvalue weighted by atomic mass is 10.0. The molecule has 0 spiro atoms. The summed E-state index contributed by atoms with van der Waals surface area (Å²) in [6.07, 6.45) is 0.438. The summed E-state index contributed by atoms with van der Waals surface area (Å²) in [5.74, 6) is 0. The molecule has 1 saturated heterocycles. The molecule has 1 aliphatic rings. The first-order valence-electron chi connectivity index (χ1n) is 6.43. The fourth-order valence-electron chi connectivity index (χ4n) is 2.22. The molecule has 0 radical (unpaired) electrons. The fourth-order valence-corrected chi connectivity index (χ4v) is 2.22. The molecule has 2 atom stereocenters. The number of rotatable bonds is 3. The SMILES string of the molecule is CO[C@@H]1C[C@H](N)CN(C(=O)OCc2ccccc2)C1. The van der Waals surface area contributed by atoms with Crippen molar-refractivity contribution in [1.82, 2.24) is 4.90 Å². The van der Waals surface area contributed by atoms with Gasteiger partial charge in [0, 0.05) is 19.7 Å². The van der Waals surface area contributed by atoms with E-state index in [9.17, 15) is 4.79 Å². The van der Waals surface area contributed by atoms with Crippen LogP contribution in [0.5, 0.6) is 0 Å². The lowest BCUT2D eigenvalue weighted by Crippen LogP contribution is -2.52. The molecule has 1 aromatic rings. The van der Waals surface area contributed by atoms with E-state index in [0.29, 0.717) is 13.1 Å². The summed E-state index contributed by atoms with van der Waals surface area (Å²) in [6.45, 7) is 1.34. The van der Waals surface area contributed by atoms with Gasteiger partial charge in [0.2, 0.25) is 0 Å². The number of carbonyl (C=O) groups is 1. The number of nitrogens with zero attached hydrogens (tertiary/aromatic N) is 1. The zero-order valence-electron chi connectivity index (χ0n) is 11.1. The molecule has 104 valence electrons. The Hall–Kier alpha value is -1.59. The summed E-state index contributed by atoms with van der Waals surface area (Å²) in [5, 5.41) is 0. The van der Waals surface area contributed by atoms with Crippen LogP contribution in [0.4, 0.5) is 4.79 Å². The molecule has 0 bridgehead atoms. The highest BCUT2D eigenvalue weighted by Gasteiger charge is 2.28. The van der Waals surface area contributed by atoms with Gasteiger partial charge in [-0.15, -0.1) is 0 Å². The highest BCUT2D eigenvalue weighted by Crippen LogP contribution is 2.13. The van der Waals surface area contributed by atoms with Crippen LogP contribution >= 0.6 is 0 Å². The fraction of sp³-hybridized carbons (Fsp3) is 0.500. The summed E-state index contributed by atoms with van der Waals surface area (Å²) in [7, 11) is 1.64. The number of benzene rings is 1. The van der Waals surface area contributed by atoms with E-state index in [2.05, 4.69) is 0 Å². The first-order chi connectivity index (χ1) is 9.19. The number of nitrogens with two attached hydrogens (primary N) is 1. The molecule has 5 heteroatoms. The standard InChI is InChI=1S/C14H20N2O3/c1-18-13-7-12(15)8-16(9-13)14(17)19-10-11-5-3-2-4-6-11/h2-6,12-13H,7-10,15H2,1H3/t12-,13+/m0/s1. The van der Waals surface area contributed by atoms with Gasteiger partial charge < -0.3 is 20.1 Å². The highest BCUT2D eigenvalue weighted by atomic mass is 16.6. The van der Waals surface area contributed by atoms with Crippen molar-refractivity contribution in [2.45, 2.75) is 25.2 Å². The van der Waals surface area contributed by atoms with Crippen molar-refractivity contribution in [3.05, 3.63) is 35.9 Å². The summed E-state index contributed by atoms with van der Waals surface area (Å²) in [4.78, 5) is 13.6. The van der Waals surface area contributed by atoms with Crippen LogP contribution in [0.25, 0.3) is 0 Å².